The Morgan fingerprint density at radius 2 is 1.13 bits per heavy atom. The van der Waals surface area contributed by atoms with Crippen LogP contribution in [0.3, 0.4) is 0 Å². The average molecular weight is 508 g/mol. The molecule has 0 bridgehead atoms. The zero-order chi connectivity index (χ0) is 26.1. The maximum atomic E-state index is 12.9. The summed E-state index contributed by atoms with van der Waals surface area (Å²) >= 11 is 0. The quantitative estimate of drug-likeness (QED) is 0.326. The minimum absolute atomic E-state index is 0.00859. The minimum atomic E-state index is -1.25. The predicted octanol–water partition coefficient (Wildman–Crippen LogP) is 2.69. The zero-order valence-corrected chi connectivity index (χ0v) is 19.3. The monoisotopic (exact) mass is 508 g/mol. The molecule has 0 saturated heterocycles. The molecule has 186 valence electrons. The fourth-order valence-corrected chi connectivity index (χ4v) is 4.23. The van der Waals surface area contributed by atoms with E-state index in [1.54, 1.807) is 60.7 Å². The van der Waals surface area contributed by atoms with Crippen LogP contribution in [0, 0.1) is 0 Å². The second-order valence-electron chi connectivity index (χ2n) is 8.09. The molecule has 2 aromatic heterocycles. The molecule has 38 heavy (non-hydrogen) atoms. The summed E-state index contributed by atoms with van der Waals surface area (Å²) in [5, 5.41) is 0. The van der Waals surface area contributed by atoms with Gasteiger partial charge < -0.3 is 14.2 Å². The van der Waals surface area contributed by atoms with Crippen LogP contribution in [-0.4, -0.2) is 35.9 Å². The Kier molecular flexibility index (Phi) is 5.45. The van der Waals surface area contributed by atoms with E-state index in [9.17, 15) is 14.4 Å². The van der Waals surface area contributed by atoms with Gasteiger partial charge in [-0.05, 0) is 30.3 Å². The number of rotatable bonds is 6. The molecule has 0 radical (unpaired) electrons. The zero-order valence-electron chi connectivity index (χ0n) is 19.3. The first kappa shape index (κ1) is 22.8. The van der Waals surface area contributed by atoms with Crippen molar-refractivity contribution in [2.24, 2.45) is 0 Å². The van der Waals surface area contributed by atoms with Crippen molar-refractivity contribution in [1.29, 1.82) is 0 Å². The Labute approximate surface area is 213 Å². The summed E-state index contributed by atoms with van der Waals surface area (Å²) < 4.78 is 17.3. The van der Waals surface area contributed by atoms with E-state index in [0.29, 0.717) is 33.8 Å². The summed E-state index contributed by atoms with van der Waals surface area (Å²) in [6.45, 7) is 0. The number of cyclic esters (lactones) is 1. The van der Waals surface area contributed by atoms with Gasteiger partial charge in [-0.1, -0.05) is 42.5 Å². The van der Waals surface area contributed by atoms with Crippen LogP contribution in [0.15, 0.2) is 95.0 Å². The van der Waals surface area contributed by atoms with E-state index < -0.39 is 22.9 Å². The van der Waals surface area contributed by atoms with E-state index >= 15 is 0 Å². The number of fused-ring (bicyclic) bond motifs is 1. The van der Waals surface area contributed by atoms with Crippen LogP contribution in [0.1, 0.15) is 27.0 Å². The number of benzene rings is 3. The third-order valence-electron chi connectivity index (χ3n) is 5.85. The minimum Gasteiger partial charge on any atom is -0.441 e. The van der Waals surface area contributed by atoms with Gasteiger partial charge in [0.05, 0.1) is 5.56 Å². The van der Waals surface area contributed by atoms with E-state index in [1.165, 1.54) is 0 Å². The van der Waals surface area contributed by atoms with Crippen molar-refractivity contribution in [2.45, 2.75) is 5.60 Å². The van der Waals surface area contributed by atoms with Crippen molar-refractivity contribution in [3.63, 3.8) is 0 Å². The molecule has 2 N–H and O–H groups in total. The molecular weight excluding hydrogens is 492 g/mol. The smallest absolute Gasteiger partial charge is 0.350 e. The molecule has 0 atom stereocenters. The third kappa shape index (κ3) is 4.05. The molecule has 12 heteroatoms. The van der Waals surface area contributed by atoms with Gasteiger partial charge in [-0.15, -0.1) is 0 Å². The van der Waals surface area contributed by atoms with Crippen molar-refractivity contribution >= 4 is 5.97 Å². The van der Waals surface area contributed by atoms with Crippen LogP contribution in [0.2, 0.25) is 0 Å². The summed E-state index contributed by atoms with van der Waals surface area (Å²) in [6, 6.07) is 20.9. The maximum Gasteiger partial charge on any atom is 0.350 e. The van der Waals surface area contributed by atoms with Gasteiger partial charge in [0.2, 0.25) is 0 Å². The van der Waals surface area contributed by atoms with Gasteiger partial charge in [0.15, 0.2) is 5.60 Å². The largest absolute Gasteiger partial charge is 0.441 e. The standard InChI is InChI=1S/C26H16N6O6/c33-21-19-3-1-2-4-20(19)26(38-21,15-5-9-17(10-6-15)36-24-29-13-27-22(34)31-24)16-7-11-18(12-8-16)37-25-30-14-28-23(35)32-25/h1-14H,(H,27,29,31,34)(H,28,30,32,35). The fraction of sp³-hybridized carbons (Fsp3) is 0.0385. The van der Waals surface area contributed by atoms with Crippen LogP contribution in [0.4, 0.5) is 0 Å². The van der Waals surface area contributed by atoms with Gasteiger partial charge in [-0.3, -0.25) is 9.97 Å². The fourth-order valence-electron chi connectivity index (χ4n) is 4.23. The van der Waals surface area contributed by atoms with Crippen LogP contribution in [-0.2, 0) is 10.3 Å². The molecule has 0 amide bonds. The number of carbonyl (C=O) groups excluding carboxylic acids is 1. The Hall–Kier alpha value is -5.65. The van der Waals surface area contributed by atoms with Gasteiger partial charge >= 0.3 is 29.4 Å². The highest BCUT2D eigenvalue weighted by molar-refractivity contribution is 5.96. The molecule has 0 spiro atoms. The van der Waals surface area contributed by atoms with Crippen molar-refractivity contribution in [3.8, 4) is 23.5 Å². The third-order valence-corrected chi connectivity index (χ3v) is 5.85. The lowest BCUT2D eigenvalue weighted by molar-refractivity contribution is 0.0251. The Morgan fingerprint density at radius 3 is 1.63 bits per heavy atom. The number of aromatic amines is 2. The summed E-state index contributed by atoms with van der Waals surface area (Å²) in [5.41, 5.74) is 0.0215. The highest BCUT2D eigenvalue weighted by Crippen LogP contribution is 2.47. The van der Waals surface area contributed by atoms with Gasteiger partial charge in [0, 0.05) is 16.7 Å². The van der Waals surface area contributed by atoms with Gasteiger partial charge in [0.1, 0.15) is 24.2 Å². The number of hydrogen-bond acceptors (Lipinski definition) is 10. The molecule has 3 heterocycles. The highest BCUT2D eigenvalue weighted by Gasteiger charge is 2.48. The first-order valence-corrected chi connectivity index (χ1v) is 11.2. The molecule has 1 aliphatic heterocycles. The van der Waals surface area contributed by atoms with Crippen LogP contribution in [0.25, 0.3) is 0 Å². The van der Waals surface area contributed by atoms with Crippen molar-refractivity contribution in [1.82, 2.24) is 29.9 Å². The lowest BCUT2D eigenvalue weighted by Crippen LogP contribution is -2.29. The Morgan fingerprint density at radius 1 is 0.632 bits per heavy atom. The maximum absolute atomic E-state index is 12.9. The van der Waals surface area contributed by atoms with E-state index in [1.807, 2.05) is 12.1 Å². The van der Waals surface area contributed by atoms with Crippen LogP contribution < -0.4 is 20.9 Å². The summed E-state index contributed by atoms with van der Waals surface area (Å²) in [5.74, 6) is 0.343. The van der Waals surface area contributed by atoms with Crippen molar-refractivity contribution in [2.75, 3.05) is 0 Å². The Bertz CT molecular complexity index is 1670. The Balaban J connectivity index is 1.39. The van der Waals surface area contributed by atoms with Crippen molar-refractivity contribution in [3.05, 3.63) is 129 Å². The lowest BCUT2D eigenvalue weighted by Gasteiger charge is -2.30. The normalized spacial score (nSPS) is 13.4. The number of H-pyrrole nitrogens is 2. The van der Waals surface area contributed by atoms with Crippen LogP contribution >= 0.6 is 0 Å². The van der Waals surface area contributed by atoms with Crippen LogP contribution in [0.5, 0.6) is 23.5 Å². The summed E-state index contributed by atoms with van der Waals surface area (Å²) in [7, 11) is 0. The first-order chi connectivity index (χ1) is 18.5. The van der Waals surface area contributed by atoms with E-state index in [2.05, 4.69) is 29.9 Å². The number of hydrogen-bond donors (Lipinski definition) is 2. The molecule has 3 aromatic carbocycles. The van der Waals surface area contributed by atoms with Gasteiger partial charge in [0.25, 0.3) is 0 Å². The number of carbonyl (C=O) groups is 1. The molecule has 12 nitrogen and oxygen atoms in total. The summed E-state index contributed by atoms with van der Waals surface area (Å²) in [4.78, 5) is 55.3. The topological polar surface area (TPSA) is 162 Å². The number of esters is 1. The number of nitrogens with one attached hydrogen (secondary N) is 2. The highest BCUT2D eigenvalue weighted by atomic mass is 16.6. The lowest BCUT2D eigenvalue weighted by atomic mass is 9.80. The van der Waals surface area contributed by atoms with E-state index in [0.717, 1.165) is 12.7 Å². The molecule has 0 aliphatic carbocycles. The van der Waals surface area contributed by atoms with Gasteiger partial charge in [-0.2, -0.15) is 19.9 Å². The molecule has 0 fully saturated rings. The second kappa shape index (κ2) is 9.09. The molecule has 1 aliphatic rings. The van der Waals surface area contributed by atoms with E-state index in [-0.39, 0.29) is 12.0 Å². The number of nitrogens with zero attached hydrogens (tertiary/aromatic N) is 4. The molecule has 0 saturated carbocycles. The molecule has 6 rings (SSSR count). The summed E-state index contributed by atoms with van der Waals surface area (Å²) in [6.07, 6.45) is 2.20. The van der Waals surface area contributed by atoms with E-state index in [4.69, 9.17) is 14.2 Å². The average Bonchev–Trinajstić information content (AvgIpc) is 3.23. The van der Waals surface area contributed by atoms with Crippen molar-refractivity contribution < 1.29 is 19.0 Å². The first-order valence-electron chi connectivity index (χ1n) is 11.2. The molecule has 0 unspecified atom stereocenters. The second-order valence-corrected chi connectivity index (χ2v) is 8.09. The number of aromatic nitrogens is 6. The van der Waals surface area contributed by atoms with Gasteiger partial charge in [-0.25, -0.2) is 14.4 Å². The SMILES string of the molecule is O=C1OC(c2ccc(Oc3ncnc(=O)[nH]3)cc2)(c2ccc(Oc3ncnc(=O)[nH]3)cc2)c2ccccc21. The predicted molar refractivity (Wildman–Crippen MR) is 130 cm³/mol. The number of ether oxygens (including phenoxy) is 3. The molecule has 5 aromatic rings. The molecular formula is C26H16N6O6.